The Labute approximate surface area is 130 Å². The van der Waals surface area contributed by atoms with Crippen molar-refractivity contribution in [2.75, 3.05) is 24.6 Å². The average molecular weight is 301 g/mol. The molecule has 1 aliphatic carbocycles. The molecule has 0 unspecified atom stereocenters. The third-order valence-corrected chi connectivity index (χ3v) is 5.13. The van der Waals surface area contributed by atoms with Crippen LogP contribution < -0.4 is 4.90 Å². The van der Waals surface area contributed by atoms with Crippen molar-refractivity contribution in [3.63, 3.8) is 0 Å². The number of rotatable bonds is 6. The van der Waals surface area contributed by atoms with E-state index in [1.807, 2.05) is 6.33 Å². The average Bonchev–Trinajstić information content (AvgIpc) is 2.97. The van der Waals surface area contributed by atoms with Gasteiger partial charge in [-0.15, -0.1) is 0 Å². The Hall–Kier alpha value is -1.69. The standard InChI is InChI=1S/C16H23N5O/c22-9-3-1-2-7-21-12-19-13-14(17-11-18-15(13)21)20-8-6-16(10-20)4-5-16/h11-12,22H,1-10H2. The van der Waals surface area contributed by atoms with Crippen LogP contribution in [0.5, 0.6) is 0 Å². The largest absolute Gasteiger partial charge is 0.396 e. The highest BCUT2D eigenvalue weighted by Crippen LogP contribution is 2.53. The molecular formula is C16H23N5O. The maximum absolute atomic E-state index is 8.85. The maximum atomic E-state index is 8.85. The van der Waals surface area contributed by atoms with Crippen LogP contribution in [0.25, 0.3) is 11.2 Å². The van der Waals surface area contributed by atoms with Gasteiger partial charge in [-0.3, -0.25) is 0 Å². The van der Waals surface area contributed by atoms with Gasteiger partial charge in [0.25, 0.3) is 0 Å². The molecule has 22 heavy (non-hydrogen) atoms. The highest BCUT2D eigenvalue weighted by molar-refractivity contribution is 5.83. The van der Waals surface area contributed by atoms with Crippen LogP contribution >= 0.6 is 0 Å². The van der Waals surface area contributed by atoms with Crippen molar-refractivity contribution in [2.45, 2.75) is 45.1 Å². The van der Waals surface area contributed by atoms with Gasteiger partial charge in [0.2, 0.25) is 0 Å². The Morgan fingerprint density at radius 1 is 1.09 bits per heavy atom. The maximum Gasteiger partial charge on any atom is 0.165 e. The number of aliphatic hydroxyl groups excluding tert-OH is 1. The van der Waals surface area contributed by atoms with E-state index >= 15 is 0 Å². The number of aryl methyl sites for hydroxylation is 1. The van der Waals surface area contributed by atoms with Gasteiger partial charge >= 0.3 is 0 Å². The van der Waals surface area contributed by atoms with E-state index in [0.29, 0.717) is 5.41 Å². The molecule has 2 aliphatic rings. The summed E-state index contributed by atoms with van der Waals surface area (Å²) in [7, 11) is 0. The molecule has 0 atom stereocenters. The molecule has 6 heteroatoms. The first-order valence-corrected chi connectivity index (χ1v) is 8.33. The van der Waals surface area contributed by atoms with Crippen LogP contribution in [0.15, 0.2) is 12.7 Å². The van der Waals surface area contributed by atoms with Crippen LogP contribution in [0.1, 0.15) is 38.5 Å². The lowest BCUT2D eigenvalue weighted by Gasteiger charge is -2.17. The minimum atomic E-state index is 0.272. The van der Waals surface area contributed by atoms with Gasteiger partial charge in [-0.1, -0.05) is 0 Å². The van der Waals surface area contributed by atoms with Crippen molar-refractivity contribution in [1.29, 1.82) is 0 Å². The van der Waals surface area contributed by atoms with Crippen LogP contribution in [0.3, 0.4) is 0 Å². The lowest BCUT2D eigenvalue weighted by Crippen LogP contribution is -2.21. The van der Waals surface area contributed by atoms with Gasteiger partial charge in [-0.2, -0.15) is 0 Å². The van der Waals surface area contributed by atoms with Crippen LogP contribution in [-0.2, 0) is 6.54 Å². The lowest BCUT2D eigenvalue weighted by atomic mass is 10.1. The third kappa shape index (κ3) is 2.45. The van der Waals surface area contributed by atoms with E-state index in [4.69, 9.17) is 5.11 Å². The lowest BCUT2D eigenvalue weighted by molar-refractivity contribution is 0.282. The predicted molar refractivity (Wildman–Crippen MR) is 84.8 cm³/mol. The molecule has 1 saturated heterocycles. The van der Waals surface area contributed by atoms with E-state index in [-0.39, 0.29) is 6.61 Å². The molecule has 1 spiro atoms. The van der Waals surface area contributed by atoms with Crippen LogP contribution in [0.2, 0.25) is 0 Å². The molecule has 3 heterocycles. The minimum absolute atomic E-state index is 0.272. The molecule has 6 nitrogen and oxygen atoms in total. The molecule has 2 aromatic rings. The first-order chi connectivity index (χ1) is 10.8. The highest BCUT2D eigenvalue weighted by atomic mass is 16.2. The van der Waals surface area contributed by atoms with E-state index < -0.39 is 0 Å². The van der Waals surface area contributed by atoms with Gasteiger partial charge < -0.3 is 14.6 Å². The fraction of sp³-hybridized carbons (Fsp3) is 0.688. The normalized spacial score (nSPS) is 19.4. The minimum Gasteiger partial charge on any atom is -0.396 e. The Morgan fingerprint density at radius 2 is 2.00 bits per heavy atom. The fourth-order valence-electron chi connectivity index (χ4n) is 3.53. The summed E-state index contributed by atoms with van der Waals surface area (Å²) >= 11 is 0. The quantitative estimate of drug-likeness (QED) is 0.826. The summed E-state index contributed by atoms with van der Waals surface area (Å²) in [5.41, 5.74) is 2.46. The van der Waals surface area contributed by atoms with Gasteiger partial charge in [0, 0.05) is 26.2 Å². The zero-order valence-electron chi connectivity index (χ0n) is 12.9. The molecule has 0 radical (unpaired) electrons. The second kappa shape index (κ2) is 5.50. The fourth-order valence-corrected chi connectivity index (χ4v) is 3.53. The summed E-state index contributed by atoms with van der Waals surface area (Å²) in [6.45, 7) is 3.39. The monoisotopic (exact) mass is 301 g/mol. The van der Waals surface area contributed by atoms with E-state index in [1.165, 1.54) is 19.3 Å². The van der Waals surface area contributed by atoms with Crippen molar-refractivity contribution in [1.82, 2.24) is 19.5 Å². The van der Waals surface area contributed by atoms with Crippen molar-refractivity contribution >= 4 is 17.0 Å². The number of hydrogen-bond acceptors (Lipinski definition) is 5. The van der Waals surface area contributed by atoms with Gasteiger partial charge in [0.05, 0.1) is 6.33 Å². The number of unbranched alkanes of at least 4 members (excludes halogenated alkanes) is 2. The Bertz CT molecular complexity index is 664. The molecule has 4 rings (SSSR count). The molecule has 1 saturated carbocycles. The van der Waals surface area contributed by atoms with E-state index in [0.717, 1.165) is 55.9 Å². The van der Waals surface area contributed by atoms with E-state index in [1.54, 1.807) is 6.33 Å². The summed E-state index contributed by atoms with van der Waals surface area (Å²) in [6.07, 6.45) is 10.5. The Balaban J connectivity index is 1.54. The summed E-state index contributed by atoms with van der Waals surface area (Å²) < 4.78 is 2.11. The first-order valence-electron chi connectivity index (χ1n) is 8.33. The SMILES string of the molecule is OCCCCCn1cnc2c(N3CCC4(CC4)C3)ncnc21. The number of nitrogens with zero attached hydrogens (tertiary/aromatic N) is 5. The molecule has 2 aromatic heterocycles. The first kappa shape index (κ1) is 13.9. The molecule has 0 aromatic carbocycles. The van der Waals surface area contributed by atoms with Crippen molar-refractivity contribution < 1.29 is 5.11 Å². The third-order valence-electron chi connectivity index (χ3n) is 5.13. The highest BCUT2D eigenvalue weighted by Gasteiger charge is 2.48. The number of aliphatic hydroxyl groups is 1. The molecule has 2 fully saturated rings. The van der Waals surface area contributed by atoms with Crippen molar-refractivity contribution in [2.24, 2.45) is 5.41 Å². The molecule has 118 valence electrons. The molecule has 0 bridgehead atoms. The molecule has 1 aliphatic heterocycles. The summed E-state index contributed by atoms with van der Waals surface area (Å²) in [4.78, 5) is 15.9. The number of hydrogen-bond donors (Lipinski definition) is 1. The van der Waals surface area contributed by atoms with Crippen molar-refractivity contribution in [3.8, 4) is 0 Å². The second-order valence-electron chi connectivity index (χ2n) is 6.76. The Morgan fingerprint density at radius 3 is 2.77 bits per heavy atom. The smallest absolute Gasteiger partial charge is 0.165 e. The van der Waals surface area contributed by atoms with Gasteiger partial charge in [0.15, 0.2) is 17.0 Å². The van der Waals surface area contributed by atoms with Gasteiger partial charge in [-0.05, 0) is 43.9 Å². The van der Waals surface area contributed by atoms with Gasteiger partial charge in [0.1, 0.15) is 6.33 Å². The molecular weight excluding hydrogens is 278 g/mol. The summed E-state index contributed by atoms with van der Waals surface area (Å²) in [5.74, 6) is 1.00. The summed E-state index contributed by atoms with van der Waals surface area (Å²) in [5, 5.41) is 8.85. The van der Waals surface area contributed by atoms with Crippen LogP contribution in [0, 0.1) is 5.41 Å². The summed E-state index contributed by atoms with van der Waals surface area (Å²) in [6, 6.07) is 0. The number of fused-ring (bicyclic) bond motifs is 1. The zero-order valence-corrected chi connectivity index (χ0v) is 12.9. The van der Waals surface area contributed by atoms with Crippen LogP contribution in [-0.4, -0.2) is 44.3 Å². The number of aromatic nitrogens is 4. The van der Waals surface area contributed by atoms with E-state index in [9.17, 15) is 0 Å². The van der Waals surface area contributed by atoms with E-state index in [2.05, 4.69) is 24.4 Å². The Kier molecular flexibility index (Phi) is 3.48. The van der Waals surface area contributed by atoms with Gasteiger partial charge in [-0.25, -0.2) is 15.0 Å². The number of imidazole rings is 1. The molecule has 1 N–H and O–H groups in total. The van der Waals surface area contributed by atoms with Crippen molar-refractivity contribution in [3.05, 3.63) is 12.7 Å². The van der Waals surface area contributed by atoms with Crippen LogP contribution in [0.4, 0.5) is 5.82 Å². The zero-order chi connectivity index (χ0) is 15.0. The second-order valence-corrected chi connectivity index (χ2v) is 6.76. The number of anilines is 1. The molecule has 0 amide bonds. The topological polar surface area (TPSA) is 67.1 Å². The predicted octanol–water partition coefficient (Wildman–Crippen LogP) is 1.98.